The normalized spacial score (nSPS) is 12.7. The van der Waals surface area contributed by atoms with Crippen LogP contribution in [-0.2, 0) is 4.79 Å². The van der Waals surface area contributed by atoms with Crippen molar-refractivity contribution >= 4 is 29.0 Å². The lowest BCUT2D eigenvalue weighted by Gasteiger charge is -2.19. The number of aryl methyl sites for hydroxylation is 2. The summed E-state index contributed by atoms with van der Waals surface area (Å²) in [4.78, 5) is 30.8. The number of halogens is 1. The van der Waals surface area contributed by atoms with E-state index in [2.05, 4.69) is 60.8 Å². The summed E-state index contributed by atoms with van der Waals surface area (Å²) in [6.45, 7) is 16.2. The van der Waals surface area contributed by atoms with Crippen LogP contribution in [-0.4, -0.2) is 59.6 Å². The highest BCUT2D eigenvalue weighted by atomic mass is 19.1. The number of pyridine rings is 1. The maximum atomic E-state index is 14.3. The molecule has 5 rings (SSSR count). The maximum absolute atomic E-state index is 14.3. The van der Waals surface area contributed by atoms with Crippen molar-refractivity contribution in [3.05, 3.63) is 89.8 Å². The molecule has 1 saturated carbocycles. The van der Waals surface area contributed by atoms with E-state index < -0.39 is 11.7 Å². The highest BCUT2D eigenvalue weighted by molar-refractivity contribution is 6.00. The van der Waals surface area contributed by atoms with E-state index in [0.29, 0.717) is 33.9 Å². The molecular formula is C38H52FN7O3. The lowest BCUT2D eigenvalue weighted by atomic mass is 9.99. The van der Waals surface area contributed by atoms with E-state index in [-0.39, 0.29) is 23.3 Å². The molecule has 0 atom stereocenters. The van der Waals surface area contributed by atoms with Crippen molar-refractivity contribution < 1.29 is 18.7 Å². The van der Waals surface area contributed by atoms with Gasteiger partial charge in [0.15, 0.2) is 11.5 Å². The third kappa shape index (κ3) is 11.5. The van der Waals surface area contributed by atoms with E-state index in [1.54, 1.807) is 25.3 Å². The summed E-state index contributed by atoms with van der Waals surface area (Å²) in [5, 5.41) is 16.4. The summed E-state index contributed by atoms with van der Waals surface area (Å²) in [5.74, 6) is -0.353. The van der Waals surface area contributed by atoms with Gasteiger partial charge in [-0.05, 0) is 69.0 Å². The van der Waals surface area contributed by atoms with E-state index in [0.717, 1.165) is 24.9 Å². The van der Waals surface area contributed by atoms with Crippen LogP contribution in [0.5, 0.6) is 5.75 Å². The maximum Gasteiger partial charge on any atom is 0.273 e. The Morgan fingerprint density at radius 2 is 1.80 bits per heavy atom. The minimum absolute atomic E-state index is 0.0138. The topological polar surface area (TPSA) is 121 Å². The summed E-state index contributed by atoms with van der Waals surface area (Å²) in [6.07, 6.45) is 14.2. The van der Waals surface area contributed by atoms with Crippen molar-refractivity contribution in [2.75, 3.05) is 38.4 Å². The molecule has 0 aliphatic heterocycles. The average Bonchev–Trinajstić information content (AvgIpc) is 3.98. The number of allylic oxidation sites excluding steroid dienone is 2. The summed E-state index contributed by atoms with van der Waals surface area (Å²) >= 11 is 0. The molecule has 1 aromatic carbocycles. The number of ether oxygens (including phenoxy) is 1. The third-order valence-corrected chi connectivity index (χ3v) is 7.40. The van der Waals surface area contributed by atoms with Gasteiger partial charge in [-0.1, -0.05) is 58.6 Å². The van der Waals surface area contributed by atoms with Crippen LogP contribution in [0.1, 0.15) is 75.1 Å². The first-order chi connectivity index (χ1) is 23.6. The van der Waals surface area contributed by atoms with Gasteiger partial charge in [-0.3, -0.25) is 14.6 Å². The number of methoxy groups -OCH3 is 1. The second kappa shape index (κ2) is 20.3. The molecule has 0 radical (unpaired) electrons. The Kier molecular flexibility index (Phi) is 16.7. The highest BCUT2D eigenvalue weighted by Gasteiger charge is 2.30. The molecular weight excluding hydrogens is 621 g/mol. The fourth-order valence-corrected chi connectivity index (χ4v) is 4.68. The van der Waals surface area contributed by atoms with Gasteiger partial charge < -0.3 is 25.6 Å². The van der Waals surface area contributed by atoms with Crippen LogP contribution in [0.15, 0.2) is 67.0 Å². The largest absolute Gasteiger partial charge is 0.494 e. The number of rotatable bonds is 10. The van der Waals surface area contributed by atoms with Crippen molar-refractivity contribution in [1.29, 1.82) is 0 Å². The fourth-order valence-electron chi connectivity index (χ4n) is 4.68. The van der Waals surface area contributed by atoms with Crippen molar-refractivity contribution in [3.8, 4) is 16.9 Å². The Bertz CT molecular complexity index is 1630. The van der Waals surface area contributed by atoms with Gasteiger partial charge in [0.2, 0.25) is 5.91 Å². The first-order valence-electron chi connectivity index (χ1n) is 16.8. The molecule has 0 spiro atoms. The Labute approximate surface area is 291 Å². The van der Waals surface area contributed by atoms with Crippen LogP contribution in [0.3, 0.4) is 0 Å². The van der Waals surface area contributed by atoms with Crippen LogP contribution in [0, 0.1) is 25.6 Å². The van der Waals surface area contributed by atoms with Crippen LogP contribution >= 0.6 is 0 Å². The Hall–Kier alpha value is -5.06. The molecule has 0 unspecified atom stereocenters. The number of aromatic nitrogens is 3. The Morgan fingerprint density at radius 3 is 2.37 bits per heavy atom. The highest BCUT2D eigenvalue weighted by Crippen LogP contribution is 2.41. The van der Waals surface area contributed by atoms with Crippen LogP contribution in [0.4, 0.5) is 21.6 Å². The molecule has 264 valence electrons. The number of anilines is 3. The third-order valence-electron chi connectivity index (χ3n) is 7.40. The van der Waals surface area contributed by atoms with E-state index in [9.17, 15) is 14.0 Å². The number of nitrogens with one attached hydrogen (secondary N) is 3. The number of hydrogen-bond acceptors (Lipinski definition) is 8. The van der Waals surface area contributed by atoms with Crippen molar-refractivity contribution in [2.24, 2.45) is 5.92 Å². The summed E-state index contributed by atoms with van der Waals surface area (Å²) in [6, 6.07) is 6.59. The van der Waals surface area contributed by atoms with E-state index >= 15 is 0 Å². The minimum Gasteiger partial charge on any atom is -0.494 e. The number of hydrogen-bond donors (Lipinski definition) is 3. The molecule has 2 aliphatic rings. The molecule has 0 saturated heterocycles. The molecule has 2 amide bonds. The summed E-state index contributed by atoms with van der Waals surface area (Å²) < 4.78 is 20.0. The van der Waals surface area contributed by atoms with Gasteiger partial charge in [0.05, 0.1) is 24.2 Å². The predicted molar refractivity (Wildman–Crippen MR) is 198 cm³/mol. The minimum atomic E-state index is -0.453. The number of amides is 2. The molecule has 49 heavy (non-hydrogen) atoms. The van der Waals surface area contributed by atoms with Gasteiger partial charge in [0, 0.05) is 49.9 Å². The number of benzene rings is 1. The summed E-state index contributed by atoms with van der Waals surface area (Å²) in [5.41, 5.74) is 4.64. The zero-order valence-electron chi connectivity index (χ0n) is 30.4. The van der Waals surface area contributed by atoms with Gasteiger partial charge in [0.25, 0.3) is 5.91 Å². The molecule has 10 nitrogen and oxygen atoms in total. The monoisotopic (exact) mass is 673 g/mol. The standard InChI is InChI=1S/C24H25FN6O3.C10H15N.2C2H6/c1-12-5-8-17(22(34-4)20(12)15-9-16(25)13(2)27-11-15)28-18-10-19(29-23(32)14-6-7-14)30-31-21(18)24(33)26-3;1-3-11(2)9-10-7-5-4-6-8-10;2*1-2/h5,8-11,14H,6-7H2,1-4H3,(H,26,33)(H2,28,29,30,32);3,5,7-8H,1,4,6,9H2,2H3;2*1-2H3. The second-order valence-electron chi connectivity index (χ2n) is 10.9. The summed E-state index contributed by atoms with van der Waals surface area (Å²) in [7, 11) is 5.03. The zero-order valence-corrected chi connectivity index (χ0v) is 30.4. The predicted octanol–water partition coefficient (Wildman–Crippen LogP) is 8.15. The van der Waals surface area contributed by atoms with Crippen LogP contribution in [0.25, 0.3) is 11.1 Å². The quantitative estimate of drug-likeness (QED) is 0.197. The lowest BCUT2D eigenvalue weighted by molar-refractivity contribution is -0.117. The Balaban J connectivity index is 0.000000466. The first kappa shape index (κ1) is 40.1. The number of carbonyl (C=O) groups excluding carboxylic acids is 2. The molecule has 0 bridgehead atoms. The lowest BCUT2D eigenvalue weighted by Crippen LogP contribution is -2.22. The average molecular weight is 674 g/mol. The van der Waals surface area contributed by atoms with Crippen molar-refractivity contribution in [1.82, 2.24) is 25.4 Å². The van der Waals surface area contributed by atoms with Gasteiger partial charge in [-0.25, -0.2) is 4.39 Å². The van der Waals surface area contributed by atoms with E-state index in [1.807, 2.05) is 53.9 Å². The SMILES string of the molecule is C=CN(C)CC1=CCCC=C1.CC.CC.CNC(=O)c1nnc(NC(=O)C2CC2)cc1Nc1ccc(C)c(-c2cnc(C)c(F)c2)c1OC. The van der Waals surface area contributed by atoms with E-state index in [4.69, 9.17) is 4.74 Å². The van der Waals surface area contributed by atoms with Crippen molar-refractivity contribution in [3.63, 3.8) is 0 Å². The van der Waals surface area contributed by atoms with Gasteiger partial charge in [0.1, 0.15) is 11.6 Å². The molecule has 11 heteroatoms. The number of likely N-dealkylation sites (N-methyl/N-ethyl adjacent to an activating group) is 1. The molecule has 3 aromatic rings. The zero-order chi connectivity index (χ0) is 36.5. The smallest absolute Gasteiger partial charge is 0.273 e. The van der Waals surface area contributed by atoms with Crippen molar-refractivity contribution in [2.45, 2.75) is 67.2 Å². The van der Waals surface area contributed by atoms with Gasteiger partial charge in [-0.2, -0.15) is 0 Å². The van der Waals surface area contributed by atoms with Crippen LogP contribution < -0.4 is 20.7 Å². The molecule has 1 fully saturated rings. The first-order valence-corrected chi connectivity index (χ1v) is 16.8. The fraction of sp³-hybridized carbons (Fsp3) is 0.395. The van der Waals surface area contributed by atoms with Crippen LogP contribution in [0.2, 0.25) is 0 Å². The molecule has 2 heterocycles. The molecule has 3 N–H and O–H groups in total. The van der Waals surface area contributed by atoms with E-state index in [1.165, 1.54) is 38.6 Å². The number of carbonyl (C=O) groups is 2. The number of nitrogens with zero attached hydrogens (tertiary/aromatic N) is 4. The molecule has 2 aliphatic carbocycles. The molecule has 2 aromatic heterocycles. The Morgan fingerprint density at radius 1 is 1.08 bits per heavy atom. The van der Waals surface area contributed by atoms with Gasteiger partial charge in [-0.15, -0.1) is 10.2 Å². The second-order valence-corrected chi connectivity index (χ2v) is 10.9. The van der Waals surface area contributed by atoms with Gasteiger partial charge >= 0.3 is 0 Å².